The second kappa shape index (κ2) is 9.39. The standard InChI is InChI=1S/C23H33NO3Si/c1-6-18(2)21(24-22(25)26)17-27-28(23(3,4)5,19-13-9-7-10-14-19)20-15-11-8-12-16-20/h7-16,18,21,24H,6,17H2,1-5H3,(H,25,26). The van der Waals surface area contributed by atoms with E-state index in [1.165, 1.54) is 10.4 Å². The van der Waals surface area contributed by atoms with Gasteiger partial charge in [-0.25, -0.2) is 4.79 Å². The molecule has 4 nitrogen and oxygen atoms in total. The highest BCUT2D eigenvalue weighted by molar-refractivity contribution is 6.99. The van der Waals surface area contributed by atoms with Crippen molar-refractivity contribution in [2.24, 2.45) is 5.92 Å². The summed E-state index contributed by atoms with van der Waals surface area (Å²) in [5, 5.41) is 14.2. The summed E-state index contributed by atoms with van der Waals surface area (Å²) in [6, 6.07) is 20.6. The smallest absolute Gasteiger partial charge is 0.404 e. The van der Waals surface area contributed by atoms with Crippen molar-refractivity contribution in [3.05, 3.63) is 60.7 Å². The lowest BCUT2D eigenvalue weighted by Gasteiger charge is -2.44. The minimum atomic E-state index is -2.65. The van der Waals surface area contributed by atoms with Crippen molar-refractivity contribution in [2.45, 2.75) is 52.1 Å². The molecule has 2 aromatic rings. The number of benzene rings is 2. The van der Waals surface area contributed by atoms with Crippen molar-refractivity contribution in [1.29, 1.82) is 0 Å². The average molecular weight is 400 g/mol. The van der Waals surface area contributed by atoms with Crippen molar-refractivity contribution in [2.75, 3.05) is 6.61 Å². The lowest BCUT2D eigenvalue weighted by molar-refractivity contribution is 0.166. The zero-order valence-corrected chi connectivity index (χ0v) is 18.6. The highest BCUT2D eigenvalue weighted by Crippen LogP contribution is 2.37. The quantitative estimate of drug-likeness (QED) is 0.653. The molecule has 0 aliphatic heterocycles. The SMILES string of the molecule is CCC(C)C(CO[Si](c1ccccc1)(c1ccccc1)C(C)(C)C)NC(=O)O. The molecule has 0 aliphatic rings. The largest absolute Gasteiger partial charge is 0.465 e. The van der Waals surface area contributed by atoms with Gasteiger partial charge in [-0.1, -0.05) is 102 Å². The number of carboxylic acid groups (broad SMARTS) is 1. The lowest BCUT2D eigenvalue weighted by Crippen LogP contribution is -2.67. The molecule has 2 rings (SSSR count). The minimum Gasteiger partial charge on any atom is -0.465 e. The van der Waals surface area contributed by atoms with E-state index in [9.17, 15) is 9.90 Å². The van der Waals surface area contributed by atoms with Crippen LogP contribution < -0.4 is 15.7 Å². The van der Waals surface area contributed by atoms with Gasteiger partial charge in [0.1, 0.15) is 0 Å². The first-order valence-electron chi connectivity index (χ1n) is 9.96. The molecule has 0 saturated carbocycles. The van der Waals surface area contributed by atoms with Crippen molar-refractivity contribution < 1.29 is 14.3 Å². The molecule has 0 radical (unpaired) electrons. The van der Waals surface area contributed by atoms with Gasteiger partial charge in [-0.15, -0.1) is 0 Å². The highest BCUT2D eigenvalue weighted by Gasteiger charge is 2.50. The minimum absolute atomic E-state index is 0.126. The topological polar surface area (TPSA) is 58.6 Å². The Morgan fingerprint density at radius 3 is 1.86 bits per heavy atom. The molecule has 2 atom stereocenters. The van der Waals surface area contributed by atoms with Crippen LogP contribution in [0.5, 0.6) is 0 Å². The first-order valence-corrected chi connectivity index (χ1v) is 11.9. The fourth-order valence-corrected chi connectivity index (χ4v) is 8.35. The van der Waals surface area contributed by atoms with Crippen LogP contribution in [-0.4, -0.2) is 32.2 Å². The summed E-state index contributed by atoms with van der Waals surface area (Å²) in [4.78, 5) is 11.3. The van der Waals surface area contributed by atoms with Crippen LogP contribution in [0.3, 0.4) is 0 Å². The molecule has 2 N–H and O–H groups in total. The van der Waals surface area contributed by atoms with E-state index < -0.39 is 14.4 Å². The van der Waals surface area contributed by atoms with Crippen LogP contribution in [0.1, 0.15) is 41.0 Å². The summed E-state index contributed by atoms with van der Waals surface area (Å²) in [5.74, 6) is 0.189. The van der Waals surface area contributed by atoms with Gasteiger partial charge in [0.05, 0.1) is 12.6 Å². The number of hydrogen-bond donors (Lipinski definition) is 2. The third-order valence-corrected chi connectivity index (χ3v) is 10.5. The third-order valence-electron chi connectivity index (χ3n) is 5.54. The zero-order chi connectivity index (χ0) is 20.8. The molecule has 0 spiro atoms. The molecule has 28 heavy (non-hydrogen) atoms. The van der Waals surface area contributed by atoms with E-state index in [1.54, 1.807) is 0 Å². The summed E-state index contributed by atoms with van der Waals surface area (Å²) in [7, 11) is -2.65. The monoisotopic (exact) mass is 399 g/mol. The molecule has 0 heterocycles. The Morgan fingerprint density at radius 2 is 1.50 bits per heavy atom. The number of rotatable bonds is 8. The Balaban J connectivity index is 2.53. The number of amides is 1. The Hall–Kier alpha value is -2.11. The predicted molar refractivity (Wildman–Crippen MR) is 118 cm³/mol. The van der Waals surface area contributed by atoms with Gasteiger partial charge >= 0.3 is 6.09 Å². The van der Waals surface area contributed by atoms with E-state index in [-0.39, 0.29) is 17.0 Å². The van der Waals surface area contributed by atoms with E-state index in [0.717, 1.165) is 6.42 Å². The summed E-state index contributed by atoms with van der Waals surface area (Å²) in [6.45, 7) is 11.2. The summed E-state index contributed by atoms with van der Waals surface area (Å²) >= 11 is 0. The molecule has 152 valence electrons. The molecule has 0 aliphatic carbocycles. The maximum Gasteiger partial charge on any atom is 0.404 e. The van der Waals surface area contributed by atoms with Gasteiger partial charge in [0.25, 0.3) is 8.32 Å². The van der Waals surface area contributed by atoms with Crippen LogP contribution >= 0.6 is 0 Å². The van der Waals surface area contributed by atoms with E-state index in [2.05, 4.69) is 88.5 Å². The summed E-state index contributed by atoms with van der Waals surface area (Å²) < 4.78 is 6.87. The van der Waals surface area contributed by atoms with Crippen LogP contribution in [0, 0.1) is 5.92 Å². The molecule has 2 unspecified atom stereocenters. The van der Waals surface area contributed by atoms with Crippen molar-refractivity contribution >= 4 is 24.8 Å². The van der Waals surface area contributed by atoms with Gasteiger partial charge in [0.2, 0.25) is 0 Å². The van der Waals surface area contributed by atoms with Crippen LogP contribution in [0.25, 0.3) is 0 Å². The Morgan fingerprint density at radius 1 is 1.04 bits per heavy atom. The fraction of sp³-hybridized carbons (Fsp3) is 0.435. The van der Waals surface area contributed by atoms with E-state index in [4.69, 9.17) is 4.43 Å². The summed E-state index contributed by atoms with van der Waals surface area (Å²) in [6.07, 6.45) is -0.119. The van der Waals surface area contributed by atoms with Gasteiger partial charge in [0, 0.05) is 0 Å². The Kier molecular flexibility index (Phi) is 7.44. The molecule has 0 aromatic heterocycles. The van der Waals surface area contributed by atoms with Gasteiger partial charge < -0.3 is 14.8 Å². The first-order chi connectivity index (χ1) is 13.2. The molecular weight excluding hydrogens is 366 g/mol. The zero-order valence-electron chi connectivity index (χ0n) is 17.6. The molecule has 0 bridgehead atoms. The summed E-state index contributed by atoms with van der Waals surface area (Å²) in [5.41, 5.74) is 0. The van der Waals surface area contributed by atoms with Gasteiger partial charge in [-0.05, 0) is 21.3 Å². The van der Waals surface area contributed by atoms with E-state index in [0.29, 0.717) is 6.61 Å². The first kappa shape index (κ1) is 22.2. The Bertz CT molecular complexity index is 704. The van der Waals surface area contributed by atoms with Crippen molar-refractivity contribution in [1.82, 2.24) is 5.32 Å². The predicted octanol–water partition coefficient (Wildman–Crippen LogP) is 4.25. The lowest BCUT2D eigenvalue weighted by atomic mass is 10.0. The van der Waals surface area contributed by atoms with Gasteiger partial charge in [-0.2, -0.15) is 0 Å². The molecule has 2 aromatic carbocycles. The maximum absolute atomic E-state index is 11.3. The van der Waals surface area contributed by atoms with Gasteiger partial charge in [-0.3, -0.25) is 0 Å². The second-order valence-electron chi connectivity index (χ2n) is 8.42. The normalized spacial score (nSPS) is 14.3. The number of carbonyl (C=O) groups is 1. The van der Waals surface area contributed by atoms with Crippen molar-refractivity contribution in [3.8, 4) is 0 Å². The molecule has 0 saturated heterocycles. The van der Waals surface area contributed by atoms with Crippen LogP contribution in [0.4, 0.5) is 4.79 Å². The average Bonchev–Trinajstić information content (AvgIpc) is 2.67. The molecule has 1 amide bonds. The molecular formula is C23H33NO3Si. The van der Waals surface area contributed by atoms with Crippen LogP contribution in [0.15, 0.2) is 60.7 Å². The van der Waals surface area contributed by atoms with Crippen molar-refractivity contribution in [3.63, 3.8) is 0 Å². The molecule has 0 fully saturated rings. The number of nitrogens with one attached hydrogen (secondary N) is 1. The third kappa shape index (κ3) is 4.83. The highest BCUT2D eigenvalue weighted by atomic mass is 28.4. The second-order valence-corrected chi connectivity index (χ2v) is 12.7. The Labute approximate surface area is 170 Å². The number of hydrogen-bond acceptors (Lipinski definition) is 2. The van der Waals surface area contributed by atoms with Crippen LogP contribution in [0.2, 0.25) is 5.04 Å². The van der Waals surface area contributed by atoms with E-state index in [1.807, 2.05) is 12.1 Å². The van der Waals surface area contributed by atoms with Gasteiger partial charge in [0.15, 0.2) is 0 Å². The van der Waals surface area contributed by atoms with E-state index >= 15 is 0 Å². The molecule has 5 heteroatoms. The maximum atomic E-state index is 11.3. The van der Waals surface area contributed by atoms with Crippen LogP contribution in [-0.2, 0) is 4.43 Å². The fourth-order valence-electron chi connectivity index (χ4n) is 3.77.